The van der Waals surface area contributed by atoms with Gasteiger partial charge in [0.25, 0.3) is 0 Å². The molecule has 1 saturated heterocycles. The molecule has 2 aromatic carbocycles. The highest BCUT2D eigenvalue weighted by molar-refractivity contribution is 8.01. The van der Waals surface area contributed by atoms with Crippen LogP contribution in [-0.4, -0.2) is 41.3 Å². The summed E-state index contributed by atoms with van der Waals surface area (Å²) in [5.74, 6) is 1.21. The Morgan fingerprint density at radius 3 is 2.60 bits per heavy atom. The van der Waals surface area contributed by atoms with E-state index < -0.39 is 0 Å². The predicted molar refractivity (Wildman–Crippen MR) is 119 cm³/mol. The quantitative estimate of drug-likeness (QED) is 0.411. The second kappa shape index (κ2) is 9.27. The number of hydrogen-bond acceptors (Lipinski definition) is 8. The molecule has 154 valence electrons. The average Bonchev–Trinajstić information content (AvgIpc) is 3.41. The second-order valence-electron chi connectivity index (χ2n) is 6.63. The fourth-order valence-corrected chi connectivity index (χ4v) is 4.74. The van der Waals surface area contributed by atoms with Gasteiger partial charge in [0, 0.05) is 29.9 Å². The van der Waals surface area contributed by atoms with E-state index >= 15 is 0 Å². The molecule has 1 aliphatic rings. The van der Waals surface area contributed by atoms with Gasteiger partial charge in [0.2, 0.25) is 11.0 Å². The van der Waals surface area contributed by atoms with Crippen LogP contribution in [0.25, 0.3) is 0 Å². The molecule has 1 N–H and O–H groups in total. The van der Waals surface area contributed by atoms with Crippen molar-refractivity contribution in [3.05, 3.63) is 54.1 Å². The van der Waals surface area contributed by atoms with Crippen molar-refractivity contribution >= 4 is 51.3 Å². The van der Waals surface area contributed by atoms with Crippen molar-refractivity contribution in [2.24, 2.45) is 0 Å². The molecule has 1 aromatic heterocycles. The monoisotopic (exact) mass is 440 g/mol. The molecule has 7 nitrogen and oxygen atoms in total. The normalized spacial score (nSPS) is 13.5. The van der Waals surface area contributed by atoms with Crippen LogP contribution in [0.3, 0.4) is 0 Å². The molecule has 0 radical (unpaired) electrons. The van der Waals surface area contributed by atoms with E-state index in [1.165, 1.54) is 23.1 Å². The van der Waals surface area contributed by atoms with Gasteiger partial charge in [-0.05, 0) is 55.0 Å². The van der Waals surface area contributed by atoms with Crippen molar-refractivity contribution in [3.8, 4) is 5.75 Å². The number of ketones is 1. The molecular formula is C21H20N4O3S2. The summed E-state index contributed by atoms with van der Waals surface area (Å²) < 4.78 is 5.87. The minimum atomic E-state index is 0.0131. The summed E-state index contributed by atoms with van der Waals surface area (Å²) in [7, 11) is 1.63. The first kappa shape index (κ1) is 20.4. The number of amides is 1. The molecule has 3 aromatic rings. The van der Waals surface area contributed by atoms with E-state index in [-0.39, 0.29) is 17.4 Å². The van der Waals surface area contributed by atoms with Gasteiger partial charge in [-0.3, -0.25) is 9.59 Å². The molecule has 0 atom stereocenters. The van der Waals surface area contributed by atoms with E-state index in [0.29, 0.717) is 17.1 Å². The standard InChI is InChI=1S/C21H20N4O3S2/c1-28-17-10-6-15(7-11-17)22-20-23-24-21(30-20)29-13-18(26)14-4-8-16(9-5-14)25-12-2-3-19(25)27/h4-11H,2-3,12-13H2,1H3,(H,22,23). The van der Waals surface area contributed by atoms with Gasteiger partial charge in [-0.25, -0.2) is 0 Å². The maximum atomic E-state index is 12.5. The Balaban J connectivity index is 1.31. The van der Waals surface area contributed by atoms with Crippen LogP contribution >= 0.6 is 23.1 Å². The van der Waals surface area contributed by atoms with Crippen molar-refractivity contribution < 1.29 is 14.3 Å². The van der Waals surface area contributed by atoms with Gasteiger partial charge in [-0.1, -0.05) is 23.1 Å². The Labute approximate surface area is 182 Å². The molecule has 1 fully saturated rings. The third kappa shape index (κ3) is 4.80. The summed E-state index contributed by atoms with van der Waals surface area (Å²) in [6.45, 7) is 0.742. The smallest absolute Gasteiger partial charge is 0.227 e. The fourth-order valence-electron chi connectivity index (χ4n) is 3.08. The van der Waals surface area contributed by atoms with Crippen molar-refractivity contribution in [2.45, 2.75) is 17.2 Å². The largest absolute Gasteiger partial charge is 0.497 e. The lowest BCUT2D eigenvalue weighted by atomic mass is 10.1. The number of carbonyl (C=O) groups excluding carboxylic acids is 2. The topological polar surface area (TPSA) is 84.4 Å². The number of carbonyl (C=O) groups is 2. The molecule has 0 saturated carbocycles. The molecule has 1 aliphatic heterocycles. The third-order valence-corrected chi connectivity index (χ3v) is 6.62. The summed E-state index contributed by atoms with van der Waals surface area (Å²) in [4.78, 5) is 26.1. The second-order valence-corrected chi connectivity index (χ2v) is 8.83. The first-order valence-electron chi connectivity index (χ1n) is 9.43. The van der Waals surface area contributed by atoms with Gasteiger partial charge < -0.3 is 15.0 Å². The van der Waals surface area contributed by atoms with Crippen molar-refractivity contribution in [3.63, 3.8) is 0 Å². The number of nitrogens with zero attached hydrogens (tertiary/aromatic N) is 3. The lowest BCUT2D eigenvalue weighted by Gasteiger charge is -2.15. The van der Waals surface area contributed by atoms with Crippen LogP contribution in [0.2, 0.25) is 0 Å². The number of ether oxygens (including phenoxy) is 1. The maximum absolute atomic E-state index is 12.5. The number of anilines is 3. The number of thioether (sulfide) groups is 1. The van der Waals surface area contributed by atoms with Crippen molar-refractivity contribution in [1.82, 2.24) is 10.2 Å². The van der Waals surface area contributed by atoms with Gasteiger partial charge in [0.15, 0.2) is 10.1 Å². The number of aromatic nitrogens is 2. The van der Waals surface area contributed by atoms with Crippen LogP contribution in [-0.2, 0) is 4.79 Å². The maximum Gasteiger partial charge on any atom is 0.227 e. The van der Waals surface area contributed by atoms with Crippen LogP contribution < -0.4 is 15.0 Å². The Morgan fingerprint density at radius 1 is 1.17 bits per heavy atom. The first-order valence-corrected chi connectivity index (χ1v) is 11.2. The number of hydrogen-bond donors (Lipinski definition) is 1. The lowest BCUT2D eigenvalue weighted by molar-refractivity contribution is -0.117. The van der Waals surface area contributed by atoms with Crippen LogP contribution in [0.15, 0.2) is 52.9 Å². The fraction of sp³-hybridized carbons (Fsp3) is 0.238. The van der Waals surface area contributed by atoms with E-state index in [4.69, 9.17) is 4.74 Å². The minimum Gasteiger partial charge on any atom is -0.497 e. The van der Waals surface area contributed by atoms with E-state index in [9.17, 15) is 9.59 Å². The van der Waals surface area contributed by atoms with Crippen molar-refractivity contribution in [1.29, 1.82) is 0 Å². The Morgan fingerprint density at radius 2 is 1.93 bits per heavy atom. The number of rotatable bonds is 8. The number of nitrogens with one attached hydrogen (secondary N) is 1. The highest BCUT2D eigenvalue weighted by atomic mass is 32.2. The Bertz CT molecular complexity index is 1040. The molecule has 1 amide bonds. The van der Waals surface area contributed by atoms with Crippen molar-refractivity contribution in [2.75, 3.05) is 29.6 Å². The first-order chi connectivity index (χ1) is 14.6. The van der Waals surface area contributed by atoms with Gasteiger partial charge >= 0.3 is 0 Å². The molecule has 0 spiro atoms. The van der Waals surface area contributed by atoms with E-state index in [0.717, 1.165) is 34.4 Å². The predicted octanol–water partition coefficient (Wildman–Crippen LogP) is 4.39. The Kier molecular flexibility index (Phi) is 6.29. The van der Waals surface area contributed by atoms with Crippen LogP contribution in [0.1, 0.15) is 23.2 Å². The van der Waals surface area contributed by atoms with Gasteiger partial charge in [-0.2, -0.15) is 0 Å². The third-order valence-electron chi connectivity index (χ3n) is 4.65. The van der Waals surface area contributed by atoms with E-state index in [2.05, 4.69) is 15.5 Å². The molecule has 2 heterocycles. The van der Waals surface area contributed by atoms with E-state index in [1.54, 1.807) is 24.1 Å². The van der Waals surface area contributed by atoms with Crippen LogP contribution in [0.4, 0.5) is 16.5 Å². The van der Waals surface area contributed by atoms with Gasteiger partial charge in [0.1, 0.15) is 5.75 Å². The average molecular weight is 441 g/mol. The summed E-state index contributed by atoms with van der Waals surface area (Å²) >= 11 is 2.76. The highest BCUT2D eigenvalue weighted by Gasteiger charge is 2.21. The molecule has 30 heavy (non-hydrogen) atoms. The zero-order chi connectivity index (χ0) is 20.9. The van der Waals surface area contributed by atoms with Gasteiger partial charge in [-0.15, -0.1) is 10.2 Å². The molecule has 4 rings (SSSR count). The minimum absolute atomic E-state index is 0.0131. The number of benzene rings is 2. The summed E-state index contributed by atoms with van der Waals surface area (Å²) in [6.07, 6.45) is 1.47. The zero-order valence-electron chi connectivity index (χ0n) is 16.3. The summed E-state index contributed by atoms with van der Waals surface area (Å²) in [5, 5.41) is 12.1. The zero-order valence-corrected chi connectivity index (χ0v) is 18.0. The summed E-state index contributed by atoms with van der Waals surface area (Å²) in [5.41, 5.74) is 2.36. The SMILES string of the molecule is COc1ccc(Nc2nnc(SCC(=O)c3ccc(N4CCCC4=O)cc3)s2)cc1. The Hall–Kier alpha value is -2.91. The van der Waals surface area contributed by atoms with E-state index in [1.807, 2.05) is 36.4 Å². The molecule has 0 bridgehead atoms. The molecular weight excluding hydrogens is 420 g/mol. The molecule has 9 heteroatoms. The summed E-state index contributed by atoms with van der Waals surface area (Å²) in [6, 6.07) is 14.8. The molecule has 0 unspecified atom stereocenters. The van der Waals surface area contributed by atoms with Crippen LogP contribution in [0.5, 0.6) is 5.75 Å². The highest BCUT2D eigenvalue weighted by Crippen LogP contribution is 2.29. The lowest BCUT2D eigenvalue weighted by Crippen LogP contribution is -2.23. The van der Waals surface area contributed by atoms with Gasteiger partial charge in [0.05, 0.1) is 12.9 Å². The van der Waals surface area contributed by atoms with Crippen LogP contribution in [0, 0.1) is 0 Å². The number of methoxy groups -OCH3 is 1. The number of Topliss-reactive ketones (excluding diaryl/α,β-unsaturated/α-hetero) is 1. The molecule has 0 aliphatic carbocycles.